The van der Waals surface area contributed by atoms with Crippen molar-refractivity contribution in [3.05, 3.63) is 0 Å². The number of unbranched alkanes of at least 4 members (excludes halogenated alkanes) is 8. The van der Waals surface area contributed by atoms with Gasteiger partial charge in [0, 0.05) is 19.5 Å². The van der Waals surface area contributed by atoms with Gasteiger partial charge in [-0.1, -0.05) is 65.7 Å². The molecule has 1 fully saturated rings. The second kappa shape index (κ2) is 17.6. The van der Waals surface area contributed by atoms with Crippen molar-refractivity contribution in [1.82, 2.24) is 15.1 Å². The molecular weight excluding hydrogens is 374 g/mol. The number of likely N-dealkylation sites (tertiary alicyclic amines) is 1. The number of carbonyl (C=O) groups excluding carboxylic acids is 2. The molecule has 1 N–H and O–H groups in total. The molecule has 1 rings (SSSR count). The third-order valence-electron chi connectivity index (χ3n) is 6.46. The molecule has 30 heavy (non-hydrogen) atoms. The van der Waals surface area contributed by atoms with E-state index in [0.29, 0.717) is 6.42 Å². The van der Waals surface area contributed by atoms with Gasteiger partial charge in [-0.15, -0.1) is 0 Å². The fraction of sp³-hybridized carbons (Fsp3) is 0.920. The number of nitrogens with zero attached hydrogens (tertiary/aromatic N) is 2. The molecule has 0 aromatic heterocycles. The topological polar surface area (TPSA) is 52.7 Å². The van der Waals surface area contributed by atoms with Crippen molar-refractivity contribution in [1.29, 1.82) is 0 Å². The number of amides is 2. The summed E-state index contributed by atoms with van der Waals surface area (Å²) in [5.74, 6) is 0.240. The molecule has 0 bridgehead atoms. The van der Waals surface area contributed by atoms with E-state index in [9.17, 15) is 9.59 Å². The highest BCUT2D eigenvalue weighted by Crippen LogP contribution is 2.19. The van der Waals surface area contributed by atoms with Gasteiger partial charge >= 0.3 is 0 Å². The van der Waals surface area contributed by atoms with Gasteiger partial charge in [-0.25, -0.2) is 0 Å². The Hall–Kier alpha value is -1.10. The summed E-state index contributed by atoms with van der Waals surface area (Å²) in [7, 11) is 0. The van der Waals surface area contributed by atoms with Gasteiger partial charge in [0.2, 0.25) is 11.8 Å². The Balaban J connectivity index is 2.25. The average Bonchev–Trinajstić information content (AvgIpc) is 2.77. The van der Waals surface area contributed by atoms with Crippen LogP contribution in [0.4, 0.5) is 0 Å². The molecule has 0 aromatic rings. The first-order valence-corrected chi connectivity index (χ1v) is 12.9. The fourth-order valence-electron chi connectivity index (χ4n) is 4.39. The van der Waals surface area contributed by atoms with E-state index >= 15 is 0 Å². The van der Waals surface area contributed by atoms with Gasteiger partial charge in [-0.3, -0.25) is 9.59 Å². The van der Waals surface area contributed by atoms with E-state index in [1.165, 1.54) is 38.5 Å². The van der Waals surface area contributed by atoms with Crippen LogP contribution >= 0.6 is 0 Å². The Morgan fingerprint density at radius 2 is 1.53 bits per heavy atom. The van der Waals surface area contributed by atoms with E-state index in [2.05, 4.69) is 31.0 Å². The molecule has 176 valence electrons. The quantitative estimate of drug-likeness (QED) is 0.330. The lowest BCUT2D eigenvalue weighted by atomic mass is 10.00. The van der Waals surface area contributed by atoms with Crippen molar-refractivity contribution < 1.29 is 9.59 Å². The largest absolute Gasteiger partial charge is 0.354 e. The predicted octanol–water partition coefficient (Wildman–Crippen LogP) is 5.14. The first-order chi connectivity index (χ1) is 14.6. The molecule has 0 spiro atoms. The van der Waals surface area contributed by atoms with Crippen LogP contribution in [0.5, 0.6) is 0 Å². The van der Waals surface area contributed by atoms with Crippen LogP contribution in [0.15, 0.2) is 0 Å². The summed E-state index contributed by atoms with van der Waals surface area (Å²) < 4.78 is 0. The molecule has 0 radical (unpaired) electrons. The summed E-state index contributed by atoms with van der Waals surface area (Å²) in [5, 5.41) is 3.10. The maximum Gasteiger partial charge on any atom is 0.242 e. The highest BCUT2D eigenvalue weighted by atomic mass is 16.2. The van der Waals surface area contributed by atoms with E-state index in [-0.39, 0.29) is 17.9 Å². The fourth-order valence-corrected chi connectivity index (χ4v) is 4.39. The molecule has 2 amide bonds. The summed E-state index contributed by atoms with van der Waals surface area (Å²) in [6.07, 6.45) is 15.5. The summed E-state index contributed by atoms with van der Waals surface area (Å²) in [4.78, 5) is 29.7. The molecule has 1 atom stereocenters. The van der Waals surface area contributed by atoms with Gasteiger partial charge in [-0.2, -0.15) is 0 Å². The number of carbonyl (C=O) groups is 2. The van der Waals surface area contributed by atoms with Gasteiger partial charge in [0.05, 0.1) is 0 Å². The molecular formula is C25H49N3O2. The molecule has 1 aliphatic heterocycles. The predicted molar refractivity (Wildman–Crippen MR) is 127 cm³/mol. The summed E-state index contributed by atoms with van der Waals surface area (Å²) in [6.45, 7) is 11.3. The lowest BCUT2D eigenvalue weighted by molar-refractivity contribution is -0.142. The van der Waals surface area contributed by atoms with Gasteiger partial charge < -0.3 is 15.1 Å². The van der Waals surface area contributed by atoms with E-state index < -0.39 is 0 Å². The molecule has 0 saturated carbocycles. The van der Waals surface area contributed by atoms with Crippen molar-refractivity contribution in [2.75, 3.05) is 32.7 Å². The smallest absolute Gasteiger partial charge is 0.242 e. The Morgan fingerprint density at radius 1 is 0.867 bits per heavy atom. The third kappa shape index (κ3) is 11.3. The molecule has 5 nitrogen and oxygen atoms in total. The monoisotopic (exact) mass is 423 g/mol. The number of hydrogen-bond acceptors (Lipinski definition) is 3. The summed E-state index contributed by atoms with van der Waals surface area (Å²) in [6, 6.07) is -0.247. The summed E-state index contributed by atoms with van der Waals surface area (Å²) >= 11 is 0. The van der Waals surface area contributed by atoms with Crippen LogP contribution in [0, 0.1) is 0 Å². The van der Waals surface area contributed by atoms with Crippen molar-refractivity contribution >= 4 is 11.8 Å². The van der Waals surface area contributed by atoms with E-state index in [4.69, 9.17) is 0 Å². The molecule has 1 heterocycles. The van der Waals surface area contributed by atoms with Crippen molar-refractivity contribution in [2.24, 2.45) is 0 Å². The normalized spacial score (nSPS) is 16.8. The minimum atomic E-state index is -0.247. The number of rotatable bonds is 17. The van der Waals surface area contributed by atoms with E-state index in [1.807, 2.05) is 4.90 Å². The van der Waals surface area contributed by atoms with E-state index in [0.717, 1.165) is 77.7 Å². The highest BCUT2D eigenvalue weighted by Gasteiger charge is 2.31. The van der Waals surface area contributed by atoms with Crippen LogP contribution in [0.3, 0.4) is 0 Å². The van der Waals surface area contributed by atoms with Crippen LogP contribution < -0.4 is 5.32 Å². The van der Waals surface area contributed by atoms with Crippen molar-refractivity contribution in [3.63, 3.8) is 0 Å². The lowest BCUT2D eigenvalue weighted by Gasteiger charge is -2.35. The first-order valence-electron chi connectivity index (χ1n) is 12.9. The van der Waals surface area contributed by atoms with E-state index in [1.54, 1.807) is 0 Å². The van der Waals surface area contributed by atoms with Crippen LogP contribution in [0.2, 0.25) is 0 Å². The average molecular weight is 424 g/mol. The first kappa shape index (κ1) is 26.9. The second-order valence-corrected chi connectivity index (χ2v) is 8.85. The number of piperidine rings is 1. The Bertz CT molecular complexity index is 452. The van der Waals surface area contributed by atoms with Crippen LogP contribution in [-0.2, 0) is 9.59 Å². The van der Waals surface area contributed by atoms with Gasteiger partial charge in [-0.05, 0) is 58.2 Å². The van der Waals surface area contributed by atoms with Crippen LogP contribution in [0.25, 0.3) is 0 Å². The molecule has 1 aliphatic rings. The molecule has 5 heteroatoms. The molecule has 0 aromatic carbocycles. The van der Waals surface area contributed by atoms with Crippen molar-refractivity contribution in [3.8, 4) is 0 Å². The Kier molecular flexibility index (Phi) is 15.8. The Morgan fingerprint density at radius 3 is 2.20 bits per heavy atom. The molecule has 1 saturated heterocycles. The SMILES string of the molecule is CCCCCCCCCCC(=O)N1CCCC[C@@H]1C(=O)NCCCCN(CC)CC. The second-order valence-electron chi connectivity index (χ2n) is 8.85. The zero-order valence-corrected chi connectivity index (χ0v) is 20.2. The van der Waals surface area contributed by atoms with Crippen molar-refractivity contribution in [2.45, 2.75) is 117 Å². The third-order valence-corrected chi connectivity index (χ3v) is 6.46. The Labute approximate surface area is 186 Å². The zero-order valence-electron chi connectivity index (χ0n) is 20.2. The molecule has 0 unspecified atom stereocenters. The number of nitrogens with one attached hydrogen (secondary N) is 1. The standard InChI is InChI=1S/C25H49N3O2/c1-4-7-8-9-10-11-12-13-19-24(29)28-22-16-14-18-23(28)25(30)26-20-15-17-21-27(5-2)6-3/h23H,4-22H2,1-3H3,(H,26,30)/t23-/m1/s1. The zero-order chi connectivity index (χ0) is 22.0. The van der Waals surface area contributed by atoms with Gasteiger partial charge in [0.1, 0.15) is 6.04 Å². The maximum absolute atomic E-state index is 12.7. The van der Waals surface area contributed by atoms with Crippen LogP contribution in [0.1, 0.15) is 111 Å². The highest BCUT2D eigenvalue weighted by molar-refractivity contribution is 5.87. The maximum atomic E-state index is 12.7. The van der Waals surface area contributed by atoms with Gasteiger partial charge in [0.15, 0.2) is 0 Å². The van der Waals surface area contributed by atoms with Crippen LogP contribution in [-0.4, -0.2) is 60.4 Å². The summed E-state index contributed by atoms with van der Waals surface area (Å²) in [5.41, 5.74) is 0. The van der Waals surface area contributed by atoms with Gasteiger partial charge in [0.25, 0.3) is 0 Å². The minimum Gasteiger partial charge on any atom is -0.354 e. The lowest BCUT2D eigenvalue weighted by Crippen LogP contribution is -2.52. The minimum absolute atomic E-state index is 0.0572. The molecule has 0 aliphatic carbocycles. The number of hydrogen-bond donors (Lipinski definition) is 1.